The van der Waals surface area contributed by atoms with Gasteiger partial charge in [0.25, 0.3) is 23.6 Å². The average molecular weight is 957 g/mol. The first-order valence-electron chi connectivity index (χ1n) is 19.7. The smallest absolute Gasteiger partial charge is 0.411 e. The number of amides is 4. The van der Waals surface area contributed by atoms with Crippen LogP contribution in [-0.4, -0.2) is 60.3 Å². The van der Waals surface area contributed by atoms with Crippen molar-refractivity contribution in [3.8, 4) is 23.0 Å². The van der Waals surface area contributed by atoms with E-state index in [-0.39, 0.29) is 29.0 Å². The van der Waals surface area contributed by atoms with Crippen LogP contribution in [0.5, 0.6) is 23.0 Å². The van der Waals surface area contributed by atoms with E-state index in [9.17, 15) is 45.5 Å². The number of halogens is 12. The second-order valence-corrected chi connectivity index (χ2v) is 15.7. The van der Waals surface area contributed by atoms with E-state index >= 15 is 26.3 Å². The third-order valence-corrected chi connectivity index (χ3v) is 11.7. The van der Waals surface area contributed by atoms with Gasteiger partial charge in [0, 0.05) is 7.05 Å². The molecule has 0 fully saturated rings. The quantitative estimate of drug-likeness (QED) is 0.106. The Bertz CT molecular complexity index is 2970. The lowest BCUT2D eigenvalue weighted by molar-refractivity contribution is -0.290. The van der Waals surface area contributed by atoms with Gasteiger partial charge in [0.05, 0.1) is 27.9 Å². The summed E-state index contributed by atoms with van der Waals surface area (Å²) in [5.74, 6) is -4.74. The molecule has 6 aromatic rings. The van der Waals surface area contributed by atoms with E-state index in [1.54, 1.807) is 31.2 Å². The van der Waals surface area contributed by atoms with Crippen LogP contribution in [0, 0.1) is 6.92 Å². The highest BCUT2D eigenvalue weighted by Crippen LogP contribution is 2.58. The number of rotatable bonds is 9. The van der Waals surface area contributed by atoms with Crippen molar-refractivity contribution in [2.24, 2.45) is 0 Å². The Balaban J connectivity index is 1.06. The van der Waals surface area contributed by atoms with Crippen LogP contribution in [0.3, 0.4) is 0 Å². The zero-order valence-corrected chi connectivity index (χ0v) is 34.6. The minimum atomic E-state index is -6.18. The number of fused-ring (bicyclic) bond motifs is 2. The molecule has 350 valence electrons. The molecule has 0 bridgehead atoms. The van der Waals surface area contributed by atoms with Gasteiger partial charge in [0.15, 0.2) is 0 Å². The molecule has 0 aliphatic carbocycles. The summed E-state index contributed by atoms with van der Waals surface area (Å²) in [7, 11) is 0.988. The SMILES string of the molecule is Cc1ccc(Oc2ccc(C(c3ccc(Oc4ccc(N5C(=O)c6ccc(C(c7ccc8c(c7)C(=O)N(C)C8=O)(C(F)(F)F)C(F)(F)F)cc6C5=O)cc4)cc3)(C(F)(F)F)C(F)(F)F)cc2)cc1. The maximum Gasteiger partial charge on any atom is 0.411 e. The number of ether oxygens (including phenoxy) is 2. The molecule has 0 atom stereocenters. The normalized spacial score (nSPS) is 14.7. The fourth-order valence-electron chi connectivity index (χ4n) is 8.35. The van der Waals surface area contributed by atoms with Crippen molar-refractivity contribution >= 4 is 29.3 Å². The molecule has 0 saturated heterocycles. The Morgan fingerprint density at radius 1 is 0.368 bits per heavy atom. The average Bonchev–Trinajstić information content (AvgIpc) is 3.63. The highest BCUT2D eigenvalue weighted by atomic mass is 19.4. The van der Waals surface area contributed by atoms with Gasteiger partial charge in [-0.2, -0.15) is 52.7 Å². The van der Waals surface area contributed by atoms with Crippen LogP contribution in [0.2, 0.25) is 0 Å². The van der Waals surface area contributed by atoms with Gasteiger partial charge in [-0.25, -0.2) is 4.90 Å². The molecule has 0 spiro atoms. The predicted molar refractivity (Wildman–Crippen MR) is 217 cm³/mol. The molecule has 2 aliphatic heterocycles. The van der Waals surface area contributed by atoms with Gasteiger partial charge in [-0.1, -0.05) is 54.1 Å². The third-order valence-electron chi connectivity index (χ3n) is 11.7. The van der Waals surface area contributed by atoms with Gasteiger partial charge in [-0.3, -0.25) is 24.1 Å². The summed E-state index contributed by atoms with van der Waals surface area (Å²) in [6.45, 7) is 1.80. The molecule has 0 unspecified atom stereocenters. The van der Waals surface area contributed by atoms with E-state index in [2.05, 4.69) is 0 Å². The Morgan fingerprint density at radius 2 is 0.662 bits per heavy atom. The largest absolute Gasteiger partial charge is 0.457 e. The number of nitrogens with zero attached hydrogens (tertiary/aromatic N) is 2. The summed E-state index contributed by atoms with van der Waals surface area (Å²) < 4.78 is 191. The lowest BCUT2D eigenvalue weighted by Gasteiger charge is -2.38. The molecule has 0 radical (unpaired) electrons. The third kappa shape index (κ3) is 7.28. The van der Waals surface area contributed by atoms with Crippen LogP contribution < -0.4 is 14.4 Å². The van der Waals surface area contributed by atoms with E-state index in [4.69, 9.17) is 9.47 Å². The van der Waals surface area contributed by atoms with Crippen molar-refractivity contribution in [3.05, 3.63) is 184 Å². The van der Waals surface area contributed by atoms with E-state index in [0.29, 0.717) is 70.1 Å². The summed E-state index contributed by atoms with van der Waals surface area (Å²) in [6.07, 6.45) is -24.2. The standard InChI is InChI=1S/C48H28F12N2O6/c1-25-3-13-31(14-4-25)67-32-15-5-26(6-16-32)43(45(49,50)51,46(52,53)54)27-7-17-33(18-8-27)68-34-19-11-30(12-20-34)62-41(65)36-22-10-29(24-38(36)42(62)66)44(47(55,56)57,48(58,59)60)28-9-21-35-37(23-28)40(64)61(2)39(35)63/h3-24H,1-2H3. The molecule has 8 rings (SSSR count). The zero-order chi connectivity index (χ0) is 49.5. The first-order valence-corrected chi connectivity index (χ1v) is 19.7. The molecular weight excluding hydrogens is 929 g/mol. The number of hydrogen-bond donors (Lipinski definition) is 0. The number of carbonyl (C=O) groups excluding carboxylic acids is 4. The molecule has 20 heteroatoms. The lowest BCUT2D eigenvalue weighted by atomic mass is 9.71. The van der Waals surface area contributed by atoms with Crippen molar-refractivity contribution in [1.29, 1.82) is 0 Å². The monoisotopic (exact) mass is 956 g/mol. The fraction of sp³-hybridized carbons (Fsp3) is 0.167. The lowest BCUT2D eigenvalue weighted by Crippen LogP contribution is -2.55. The maximum absolute atomic E-state index is 15.1. The van der Waals surface area contributed by atoms with Crippen LogP contribution in [0.1, 0.15) is 69.2 Å². The number of imide groups is 2. The highest BCUT2D eigenvalue weighted by Gasteiger charge is 2.74. The van der Waals surface area contributed by atoms with Gasteiger partial charge in [0.1, 0.15) is 23.0 Å². The van der Waals surface area contributed by atoms with Crippen molar-refractivity contribution < 1.29 is 81.3 Å². The van der Waals surface area contributed by atoms with Crippen molar-refractivity contribution in [2.75, 3.05) is 11.9 Å². The van der Waals surface area contributed by atoms with Crippen LogP contribution >= 0.6 is 0 Å². The van der Waals surface area contributed by atoms with Gasteiger partial charge < -0.3 is 9.47 Å². The number of hydrogen-bond acceptors (Lipinski definition) is 6. The summed E-state index contributed by atoms with van der Waals surface area (Å²) in [5, 5.41) is 0. The number of carbonyl (C=O) groups is 4. The molecule has 6 aromatic carbocycles. The molecule has 8 nitrogen and oxygen atoms in total. The predicted octanol–water partition coefficient (Wildman–Crippen LogP) is 12.4. The van der Waals surface area contributed by atoms with Crippen LogP contribution in [0.25, 0.3) is 0 Å². The Morgan fingerprint density at radius 3 is 1.06 bits per heavy atom. The summed E-state index contributed by atoms with van der Waals surface area (Å²) in [6, 6.07) is 19.6. The van der Waals surface area contributed by atoms with Crippen molar-refractivity contribution in [1.82, 2.24) is 4.90 Å². The molecule has 0 saturated carbocycles. The number of aryl methyl sites for hydroxylation is 1. The fourth-order valence-corrected chi connectivity index (χ4v) is 8.35. The zero-order valence-electron chi connectivity index (χ0n) is 34.6. The Labute approximate surface area is 375 Å². The van der Waals surface area contributed by atoms with E-state index < -0.39 is 104 Å². The van der Waals surface area contributed by atoms with Gasteiger partial charge in [-0.15, -0.1) is 0 Å². The van der Waals surface area contributed by atoms with E-state index in [1.807, 2.05) is 0 Å². The van der Waals surface area contributed by atoms with Crippen molar-refractivity contribution in [2.45, 2.75) is 42.5 Å². The topological polar surface area (TPSA) is 93.2 Å². The molecule has 4 amide bonds. The van der Waals surface area contributed by atoms with E-state index in [1.165, 1.54) is 0 Å². The van der Waals surface area contributed by atoms with Gasteiger partial charge in [-0.05, 0) is 114 Å². The molecular formula is C48H28F12N2O6. The maximum atomic E-state index is 15.1. The first kappa shape index (κ1) is 46.9. The van der Waals surface area contributed by atoms with Crippen LogP contribution in [0.4, 0.5) is 58.4 Å². The molecule has 2 heterocycles. The second-order valence-electron chi connectivity index (χ2n) is 15.7. The van der Waals surface area contributed by atoms with Crippen LogP contribution in [0.15, 0.2) is 133 Å². The summed E-state index contributed by atoms with van der Waals surface area (Å²) in [4.78, 5) is 53.1. The number of alkyl halides is 12. The van der Waals surface area contributed by atoms with Gasteiger partial charge >= 0.3 is 24.7 Å². The molecule has 2 aliphatic rings. The minimum absolute atomic E-state index is 0.0306. The molecule has 0 aromatic heterocycles. The van der Waals surface area contributed by atoms with E-state index in [0.717, 1.165) is 61.1 Å². The highest BCUT2D eigenvalue weighted by molar-refractivity contribution is 6.34. The Hall–Kier alpha value is -7.64. The Kier molecular flexibility index (Phi) is 11.0. The first-order chi connectivity index (χ1) is 31.7. The minimum Gasteiger partial charge on any atom is -0.457 e. The summed E-state index contributed by atoms with van der Waals surface area (Å²) in [5.41, 5.74) is -16.8. The van der Waals surface area contributed by atoms with Crippen molar-refractivity contribution in [3.63, 3.8) is 0 Å². The number of benzene rings is 6. The van der Waals surface area contributed by atoms with Gasteiger partial charge in [0.2, 0.25) is 10.8 Å². The molecule has 68 heavy (non-hydrogen) atoms. The molecule has 0 N–H and O–H groups in total. The van der Waals surface area contributed by atoms with Crippen LogP contribution in [-0.2, 0) is 10.8 Å². The summed E-state index contributed by atoms with van der Waals surface area (Å²) >= 11 is 0. The second kappa shape index (κ2) is 16.0. The number of anilines is 1.